The normalized spacial score (nSPS) is 12.1. The van der Waals surface area contributed by atoms with Crippen molar-refractivity contribution in [3.05, 3.63) is 18.0 Å². The van der Waals surface area contributed by atoms with E-state index in [0.29, 0.717) is 12.8 Å². The number of nitrogens with one attached hydrogen (secondary N) is 1. The van der Waals surface area contributed by atoms with Gasteiger partial charge in [-0.3, -0.25) is 9.48 Å². The van der Waals surface area contributed by atoms with Crippen molar-refractivity contribution >= 4 is 11.9 Å². The van der Waals surface area contributed by atoms with Gasteiger partial charge in [-0.25, -0.2) is 4.79 Å². The van der Waals surface area contributed by atoms with Crippen molar-refractivity contribution in [2.24, 2.45) is 7.05 Å². The van der Waals surface area contributed by atoms with E-state index >= 15 is 0 Å². The van der Waals surface area contributed by atoms with Gasteiger partial charge in [0.15, 0.2) is 0 Å². The van der Waals surface area contributed by atoms with Gasteiger partial charge in [0.1, 0.15) is 11.7 Å². The third-order valence-corrected chi connectivity index (χ3v) is 2.13. The number of hydrogen-bond donors (Lipinski definition) is 2. The summed E-state index contributed by atoms with van der Waals surface area (Å²) in [5.74, 6) is -1.48. The summed E-state index contributed by atoms with van der Waals surface area (Å²) in [6, 6.07) is 0.694. The molecule has 1 atom stereocenters. The molecule has 0 unspecified atom stereocenters. The van der Waals surface area contributed by atoms with Crippen molar-refractivity contribution < 1.29 is 14.7 Å². The third kappa shape index (κ3) is 3.08. The van der Waals surface area contributed by atoms with E-state index in [-0.39, 0.29) is 5.69 Å². The summed E-state index contributed by atoms with van der Waals surface area (Å²) in [7, 11) is 1.69. The Balaban J connectivity index is 2.65. The molecule has 1 rings (SSSR count). The minimum absolute atomic E-state index is 0.227. The summed E-state index contributed by atoms with van der Waals surface area (Å²) < 4.78 is 1.49. The van der Waals surface area contributed by atoms with Crippen molar-refractivity contribution in [2.45, 2.75) is 25.8 Å². The maximum atomic E-state index is 11.6. The highest BCUT2D eigenvalue weighted by Gasteiger charge is 2.20. The largest absolute Gasteiger partial charge is 0.480 e. The van der Waals surface area contributed by atoms with Crippen LogP contribution >= 0.6 is 0 Å². The smallest absolute Gasteiger partial charge is 0.326 e. The van der Waals surface area contributed by atoms with Gasteiger partial charge in [-0.15, -0.1) is 0 Å². The highest BCUT2D eigenvalue weighted by atomic mass is 16.4. The minimum atomic E-state index is -1.02. The van der Waals surface area contributed by atoms with Crippen molar-refractivity contribution in [2.75, 3.05) is 0 Å². The van der Waals surface area contributed by atoms with Gasteiger partial charge < -0.3 is 10.4 Å². The predicted molar refractivity (Wildman–Crippen MR) is 57.0 cm³/mol. The molecule has 16 heavy (non-hydrogen) atoms. The average Bonchev–Trinajstić information content (AvgIpc) is 2.64. The Hall–Kier alpha value is -1.85. The van der Waals surface area contributed by atoms with Gasteiger partial charge >= 0.3 is 5.97 Å². The van der Waals surface area contributed by atoms with E-state index in [1.54, 1.807) is 19.3 Å². The molecule has 0 spiro atoms. The molecule has 0 aromatic carbocycles. The van der Waals surface area contributed by atoms with Crippen LogP contribution in [0.1, 0.15) is 30.3 Å². The molecular weight excluding hydrogens is 210 g/mol. The van der Waals surface area contributed by atoms with Crippen LogP contribution in [0.5, 0.6) is 0 Å². The van der Waals surface area contributed by atoms with Crippen LogP contribution in [-0.2, 0) is 11.8 Å². The fraction of sp³-hybridized carbons (Fsp3) is 0.500. The molecule has 0 aliphatic carbocycles. The molecule has 0 aliphatic rings. The van der Waals surface area contributed by atoms with Gasteiger partial charge in [-0.05, 0) is 12.5 Å². The lowest BCUT2D eigenvalue weighted by atomic mass is 10.1. The number of carbonyl (C=O) groups is 2. The number of amides is 1. The Morgan fingerprint density at radius 2 is 2.31 bits per heavy atom. The number of aliphatic carboxylic acids is 1. The van der Waals surface area contributed by atoms with Gasteiger partial charge in [0.2, 0.25) is 0 Å². The molecule has 0 aliphatic heterocycles. The number of aromatic nitrogens is 2. The van der Waals surface area contributed by atoms with E-state index in [0.717, 1.165) is 0 Å². The quantitative estimate of drug-likeness (QED) is 0.759. The summed E-state index contributed by atoms with van der Waals surface area (Å²) in [5.41, 5.74) is 0.227. The van der Waals surface area contributed by atoms with Gasteiger partial charge in [-0.2, -0.15) is 5.10 Å². The standard InChI is InChI=1S/C10H15N3O3/c1-3-4-8(10(15)16)11-9(14)7-5-6-13(2)12-7/h5-6,8H,3-4H2,1-2H3,(H,11,14)(H,15,16)/t8-/m0/s1. The van der Waals surface area contributed by atoms with Crippen LogP contribution in [-0.4, -0.2) is 32.8 Å². The SMILES string of the molecule is CCC[C@H](NC(=O)c1ccn(C)n1)C(=O)O. The number of hydrogen-bond acceptors (Lipinski definition) is 3. The maximum Gasteiger partial charge on any atom is 0.326 e. The monoisotopic (exact) mass is 225 g/mol. The number of carboxylic acid groups (broad SMARTS) is 1. The van der Waals surface area contributed by atoms with Gasteiger partial charge in [0.05, 0.1) is 0 Å². The second-order valence-electron chi connectivity index (χ2n) is 3.53. The fourth-order valence-corrected chi connectivity index (χ4v) is 1.31. The number of carbonyl (C=O) groups excluding carboxylic acids is 1. The molecule has 0 saturated carbocycles. The molecule has 1 amide bonds. The van der Waals surface area contributed by atoms with Crippen LogP contribution in [0.4, 0.5) is 0 Å². The minimum Gasteiger partial charge on any atom is -0.480 e. The second kappa shape index (κ2) is 5.29. The highest BCUT2D eigenvalue weighted by Crippen LogP contribution is 2.00. The Morgan fingerprint density at radius 3 is 2.75 bits per heavy atom. The zero-order valence-electron chi connectivity index (χ0n) is 9.30. The van der Waals surface area contributed by atoms with Crippen LogP contribution in [0.15, 0.2) is 12.3 Å². The predicted octanol–water partition coefficient (Wildman–Crippen LogP) is 0.403. The number of carboxylic acids is 1. The third-order valence-electron chi connectivity index (χ3n) is 2.13. The summed E-state index contributed by atoms with van der Waals surface area (Å²) in [6.45, 7) is 1.86. The van der Waals surface area contributed by atoms with Gasteiger partial charge in [-0.1, -0.05) is 13.3 Å². The molecule has 1 aromatic heterocycles. The van der Waals surface area contributed by atoms with Crippen molar-refractivity contribution in [1.82, 2.24) is 15.1 Å². The topological polar surface area (TPSA) is 84.2 Å². The molecule has 0 fully saturated rings. The Bertz CT molecular complexity index is 386. The van der Waals surface area contributed by atoms with E-state index < -0.39 is 17.9 Å². The van der Waals surface area contributed by atoms with E-state index in [9.17, 15) is 9.59 Å². The first-order valence-electron chi connectivity index (χ1n) is 5.08. The molecule has 6 nitrogen and oxygen atoms in total. The molecule has 0 radical (unpaired) electrons. The Kier molecular flexibility index (Phi) is 4.04. The first-order valence-corrected chi connectivity index (χ1v) is 5.08. The van der Waals surface area contributed by atoms with Crippen molar-refractivity contribution in [1.29, 1.82) is 0 Å². The summed E-state index contributed by atoms with van der Waals surface area (Å²) in [4.78, 5) is 22.4. The number of rotatable bonds is 5. The van der Waals surface area contributed by atoms with E-state index in [4.69, 9.17) is 5.11 Å². The fourth-order valence-electron chi connectivity index (χ4n) is 1.31. The summed E-state index contributed by atoms with van der Waals surface area (Å²) in [6.07, 6.45) is 2.73. The van der Waals surface area contributed by atoms with Crippen LogP contribution < -0.4 is 5.32 Å². The lowest BCUT2D eigenvalue weighted by Gasteiger charge is -2.12. The molecular formula is C10H15N3O3. The Labute approximate surface area is 93.3 Å². The van der Waals surface area contributed by atoms with Crippen LogP contribution in [0.3, 0.4) is 0 Å². The number of aryl methyl sites for hydroxylation is 1. The molecule has 0 bridgehead atoms. The van der Waals surface area contributed by atoms with E-state index in [1.807, 2.05) is 6.92 Å². The lowest BCUT2D eigenvalue weighted by Crippen LogP contribution is -2.40. The van der Waals surface area contributed by atoms with Gasteiger partial charge in [0.25, 0.3) is 5.91 Å². The molecule has 88 valence electrons. The highest BCUT2D eigenvalue weighted by molar-refractivity contribution is 5.94. The maximum absolute atomic E-state index is 11.6. The molecule has 2 N–H and O–H groups in total. The van der Waals surface area contributed by atoms with Crippen LogP contribution in [0.25, 0.3) is 0 Å². The number of nitrogens with zero attached hydrogens (tertiary/aromatic N) is 2. The molecule has 1 heterocycles. The molecule has 0 saturated heterocycles. The first kappa shape index (κ1) is 12.2. The zero-order chi connectivity index (χ0) is 12.1. The second-order valence-corrected chi connectivity index (χ2v) is 3.53. The van der Waals surface area contributed by atoms with Crippen molar-refractivity contribution in [3.8, 4) is 0 Å². The first-order chi connectivity index (χ1) is 7.54. The average molecular weight is 225 g/mol. The van der Waals surface area contributed by atoms with Crippen LogP contribution in [0, 0.1) is 0 Å². The van der Waals surface area contributed by atoms with E-state index in [2.05, 4.69) is 10.4 Å². The van der Waals surface area contributed by atoms with E-state index in [1.165, 1.54) is 4.68 Å². The van der Waals surface area contributed by atoms with Gasteiger partial charge in [0, 0.05) is 13.2 Å². The van der Waals surface area contributed by atoms with Crippen LogP contribution in [0.2, 0.25) is 0 Å². The zero-order valence-corrected chi connectivity index (χ0v) is 9.30. The Morgan fingerprint density at radius 1 is 1.62 bits per heavy atom. The summed E-state index contributed by atoms with van der Waals surface area (Å²) in [5, 5.41) is 15.2. The van der Waals surface area contributed by atoms with Crippen molar-refractivity contribution in [3.63, 3.8) is 0 Å². The summed E-state index contributed by atoms with van der Waals surface area (Å²) >= 11 is 0. The lowest BCUT2D eigenvalue weighted by molar-refractivity contribution is -0.139. The molecule has 1 aromatic rings. The molecule has 6 heteroatoms.